The Morgan fingerprint density at radius 2 is 2.00 bits per heavy atom. The Bertz CT molecular complexity index is 721. The second-order valence-electron chi connectivity index (χ2n) is 6.95. The molecule has 0 aromatic heterocycles. The quantitative estimate of drug-likeness (QED) is 0.323. The van der Waals surface area contributed by atoms with Gasteiger partial charge in [-0.3, -0.25) is 5.01 Å². The van der Waals surface area contributed by atoms with E-state index in [1.54, 1.807) is 18.2 Å². The van der Waals surface area contributed by atoms with Crippen molar-refractivity contribution < 1.29 is 8.42 Å². The third kappa shape index (κ3) is 9.01. The van der Waals surface area contributed by atoms with Gasteiger partial charge in [0.25, 0.3) is 0 Å². The summed E-state index contributed by atoms with van der Waals surface area (Å²) in [5.41, 5.74) is 0.797. The molecule has 0 heterocycles. The van der Waals surface area contributed by atoms with Crippen molar-refractivity contribution in [3.8, 4) is 0 Å². The largest absolute Gasteiger partial charge is 0.382 e. The summed E-state index contributed by atoms with van der Waals surface area (Å²) in [7, 11) is -1.30. The van der Waals surface area contributed by atoms with Crippen LogP contribution in [0.1, 0.15) is 27.2 Å². The smallest absolute Gasteiger partial charge is 0.175 e. The van der Waals surface area contributed by atoms with Crippen molar-refractivity contribution in [3.63, 3.8) is 0 Å². The van der Waals surface area contributed by atoms with Crippen molar-refractivity contribution in [2.75, 3.05) is 31.7 Å². The number of benzene rings is 1. The molecule has 0 bridgehead atoms. The van der Waals surface area contributed by atoms with Crippen LogP contribution >= 0.6 is 0 Å². The number of nitrogens with one attached hydrogen (secondary N) is 2. The van der Waals surface area contributed by atoms with Crippen LogP contribution in [0.15, 0.2) is 52.2 Å². The molecule has 2 unspecified atom stereocenters. The maximum atomic E-state index is 11.7. The van der Waals surface area contributed by atoms with E-state index < -0.39 is 9.84 Å². The second-order valence-corrected chi connectivity index (χ2v) is 8.96. The predicted octanol–water partition coefficient (Wildman–Crippen LogP) is 3.13. The molecule has 1 aromatic carbocycles. The molecule has 0 fully saturated rings. The first kappa shape index (κ1) is 23.1. The van der Waals surface area contributed by atoms with E-state index in [9.17, 15) is 8.42 Å². The fourth-order valence-electron chi connectivity index (χ4n) is 2.31. The Kier molecular flexibility index (Phi) is 9.45. The van der Waals surface area contributed by atoms with Crippen LogP contribution in [0.4, 0.5) is 5.69 Å². The summed E-state index contributed by atoms with van der Waals surface area (Å²) in [5, 5.41) is 17.1. The number of anilines is 1. The van der Waals surface area contributed by atoms with Crippen molar-refractivity contribution in [3.05, 3.63) is 36.9 Å². The molecule has 8 heteroatoms. The van der Waals surface area contributed by atoms with Crippen molar-refractivity contribution in [2.45, 2.75) is 50.2 Å². The third-order valence-corrected chi connectivity index (χ3v) is 5.37. The standard InChI is InChI=1S/C19H33N5O2S/c1-7-12-20-16(3)17(4)22-23-24(5)13-11-15(2)21-18-9-8-10-19(14-18)27(6,25)26/h7-10,14-17,20-21H,1,11-13H2,2-6H3/b23-22-/t15?,16-,17?/m0/s1. The molecule has 0 aliphatic heterocycles. The van der Waals surface area contributed by atoms with Gasteiger partial charge < -0.3 is 10.6 Å². The SMILES string of the molecule is C=CCN[C@@H](C)C(C)/N=N\N(C)CCC(C)Nc1cccc(S(C)(=O)=O)c1. The molecule has 3 atom stereocenters. The Morgan fingerprint density at radius 3 is 2.63 bits per heavy atom. The van der Waals surface area contributed by atoms with E-state index in [0.717, 1.165) is 25.2 Å². The van der Waals surface area contributed by atoms with E-state index in [1.807, 2.05) is 31.1 Å². The van der Waals surface area contributed by atoms with Crippen LogP contribution < -0.4 is 10.6 Å². The predicted molar refractivity (Wildman–Crippen MR) is 112 cm³/mol. The van der Waals surface area contributed by atoms with Gasteiger partial charge in [0.05, 0.1) is 10.9 Å². The van der Waals surface area contributed by atoms with Crippen LogP contribution in [0.2, 0.25) is 0 Å². The van der Waals surface area contributed by atoms with E-state index in [4.69, 9.17) is 0 Å². The molecule has 0 saturated heterocycles. The number of sulfone groups is 1. The highest BCUT2D eigenvalue weighted by Gasteiger charge is 2.11. The highest BCUT2D eigenvalue weighted by molar-refractivity contribution is 7.90. The van der Waals surface area contributed by atoms with Gasteiger partial charge in [0.15, 0.2) is 9.84 Å². The van der Waals surface area contributed by atoms with Crippen molar-refractivity contribution in [2.24, 2.45) is 10.3 Å². The minimum atomic E-state index is -3.20. The zero-order chi connectivity index (χ0) is 20.4. The molecule has 0 aliphatic carbocycles. The summed E-state index contributed by atoms with van der Waals surface area (Å²) in [5.74, 6) is 0. The van der Waals surface area contributed by atoms with Crippen molar-refractivity contribution >= 4 is 15.5 Å². The molecule has 0 aliphatic rings. The summed E-state index contributed by atoms with van der Waals surface area (Å²) in [4.78, 5) is 0.318. The first-order chi connectivity index (χ1) is 12.6. The van der Waals surface area contributed by atoms with Crippen LogP contribution in [-0.2, 0) is 9.84 Å². The average molecular weight is 396 g/mol. The summed E-state index contributed by atoms with van der Waals surface area (Å²) >= 11 is 0. The van der Waals surface area contributed by atoms with Gasteiger partial charge in [-0.15, -0.1) is 6.58 Å². The molecule has 1 aromatic rings. The second kappa shape index (κ2) is 11.0. The average Bonchev–Trinajstić information content (AvgIpc) is 2.61. The van der Waals surface area contributed by atoms with Gasteiger partial charge in [-0.1, -0.05) is 17.4 Å². The summed E-state index contributed by atoms with van der Waals surface area (Å²) in [6.07, 6.45) is 3.88. The molecule has 152 valence electrons. The first-order valence-corrected chi connectivity index (χ1v) is 11.1. The summed E-state index contributed by atoms with van der Waals surface area (Å²) in [6.45, 7) is 11.3. The molecule has 0 amide bonds. The fraction of sp³-hybridized carbons (Fsp3) is 0.579. The zero-order valence-corrected chi connectivity index (χ0v) is 17.8. The highest BCUT2D eigenvalue weighted by Crippen LogP contribution is 2.16. The van der Waals surface area contributed by atoms with Gasteiger partial charge >= 0.3 is 0 Å². The van der Waals surface area contributed by atoms with Gasteiger partial charge in [-0.25, -0.2) is 8.42 Å². The topological polar surface area (TPSA) is 86.2 Å². The van der Waals surface area contributed by atoms with Gasteiger partial charge in [-0.05, 0) is 45.4 Å². The van der Waals surface area contributed by atoms with Crippen LogP contribution in [0.3, 0.4) is 0 Å². The summed E-state index contributed by atoms with van der Waals surface area (Å²) in [6, 6.07) is 7.34. The van der Waals surface area contributed by atoms with Crippen LogP contribution in [0.25, 0.3) is 0 Å². The number of hydrogen-bond donors (Lipinski definition) is 2. The van der Waals surface area contributed by atoms with E-state index >= 15 is 0 Å². The molecule has 2 N–H and O–H groups in total. The lowest BCUT2D eigenvalue weighted by molar-refractivity contribution is 0.303. The third-order valence-electron chi connectivity index (χ3n) is 4.26. The van der Waals surface area contributed by atoms with Gasteiger partial charge in [-0.2, -0.15) is 5.11 Å². The fourth-order valence-corrected chi connectivity index (χ4v) is 2.97. The van der Waals surface area contributed by atoms with Crippen molar-refractivity contribution in [1.29, 1.82) is 0 Å². The van der Waals surface area contributed by atoms with Crippen molar-refractivity contribution in [1.82, 2.24) is 10.3 Å². The lowest BCUT2D eigenvalue weighted by atomic mass is 10.2. The lowest BCUT2D eigenvalue weighted by Gasteiger charge is -2.20. The zero-order valence-electron chi connectivity index (χ0n) is 17.0. The highest BCUT2D eigenvalue weighted by atomic mass is 32.2. The van der Waals surface area contributed by atoms with Gasteiger partial charge in [0.1, 0.15) is 0 Å². The molecule has 27 heavy (non-hydrogen) atoms. The number of nitrogens with zero attached hydrogens (tertiary/aromatic N) is 3. The lowest BCUT2D eigenvalue weighted by Crippen LogP contribution is -2.34. The van der Waals surface area contributed by atoms with E-state index in [2.05, 4.69) is 41.4 Å². The normalized spacial score (nSPS) is 15.3. The molecule has 0 radical (unpaired) electrons. The maximum absolute atomic E-state index is 11.7. The molecular weight excluding hydrogens is 362 g/mol. The van der Waals surface area contributed by atoms with Crippen LogP contribution in [0, 0.1) is 0 Å². The van der Waals surface area contributed by atoms with Gasteiger partial charge in [0, 0.05) is 44.2 Å². The first-order valence-electron chi connectivity index (χ1n) is 9.16. The Morgan fingerprint density at radius 1 is 1.30 bits per heavy atom. The number of rotatable bonds is 12. The monoisotopic (exact) mass is 395 g/mol. The van der Waals surface area contributed by atoms with E-state index in [0.29, 0.717) is 4.90 Å². The van der Waals surface area contributed by atoms with E-state index in [1.165, 1.54) is 6.26 Å². The minimum Gasteiger partial charge on any atom is -0.382 e. The van der Waals surface area contributed by atoms with Crippen LogP contribution in [-0.4, -0.2) is 57.9 Å². The molecular formula is C19H33N5O2S. The summed E-state index contributed by atoms with van der Waals surface area (Å²) < 4.78 is 23.3. The molecule has 0 spiro atoms. The maximum Gasteiger partial charge on any atom is 0.175 e. The van der Waals surface area contributed by atoms with E-state index in [-0.39, 0.29) is 18.1 Å². The Labute approximate surface area is 163 Å². The Hall–Kier alpha value is -1.93. The molecule has 7 nitrogen and oxygen atoms in total. The minimum absolute atomic E-state index is 0.0710. The van der Waals surface area contributed by atoms with Gasteiger partial charge in [0.2, 0.25) is 0 Å². The number of hydrogen-bond acceptors (Lipinski definition) is 6. The molecule has 0 saturated carbocycles. The Balaban J connectivity index is 2.46. The molecule has 1 rings (SSSR count). The van der Waals surface area contributed by atoms with Crippen LogP contribution in [0.5, 0.6) is 0 Å².